The number of benzene rings is 1. The molecule has 1 aromatic carbocycles. The molecule has 2 aliphatic rings. The molecule has 3 unspecified atom stereocenters. The summed E-state index contributed by atoms with van der Waals surface area (Å²) < 4.78 is 0. The third-order valence-electron chi connectivity index (χ3n) is 4.20. The molecule has 1 saturated carbocycles. The number of carboxylic acids is 1. The van der Waals surface area contributed by atoms with Crippen molar-refractivity contribution >= 4 is 17.5 Å². The summed E-state index contributed by atoms with van der Waals surface area (Å²) in [7, 11) is 0. The normalized spacial score (nSPS) is 25.9. The number of allylic oxidation sites excluding steroid dienone is 2. The summed E-state index contributed by atoms with van der Waals surface area (Å²) in [4.78, 5) is 27.2. The fourth-order valence-electron chi connectivity index (χ4n) is 2.75. The fourth-order valence-corrected chi connectivity index (χ4v) is 2.75. The second kappa shape index (κ2) is 6.41. The zero-order chi connectivity index (χ0) is 17.3. The molecule has 0 spiro atoms. The highest BCUT2D eigenvalue weighted by molar-refractivity contribution is 6.21. The first-order valence-corrected chi connectivity index (χ1v) is 7.72. The van der Waals surface area contributed by atoms with Gasteiger partial charge in [0.1, 0.15) is 17.5 Å². The number of rotatable bonds is 5. The number of carboxylic acid groups (broad SMARTS) is 1. The molecule has 0 aromatic heterocycles. The van der Waals surface area contributed by atoms with E-state index in [4.69, 9.17) is 10.8 Å². The molecule has 2 aliphatic carbocycles. The van der Waals surface area contributed by atoms with Crippen LogP contribution in [-0.4, -0.2) is 39.8 Å². The van der Waals surface area contributed by atoms with Gasteiger partial charge in [-0.2, -0.15) is 0 Å². The number of aliphatic imine (C=N–C) groups is 1. The van der Waals surface area contributed by atoms with Crippen molar-refractivity contribution in [2.75, 3.05) is 0 Å². The van der Waals surface area contributed by atoms with Gasteiger partial charge in [0.2, 0.25) is 0 Å². The first kappa shape index (κ1) is 16.1. The highest BCUT2D eigenvalue weighted by Gasteiger charge is 2.38. The van der Waals surface area contributed by atoms with E-state index in [-0.39, 0.29) is 23.8 Å². The maximum atomic E-state index is 11.9. The Kier molecular flexibility index (Phi) is 4.31. The summed E-state index contributed by atoms with van der Waals surface area (Å²) in [6.45, 7) is 0. The molecule has 0 bridgehead atoms. The number of carbonyl (C=O) groups is 2. The summed E-state index contributed by atoms with van der Waals surface area (Å²) in [6.07, 6.45) is 3.31. The molecule has 0 radical (unpaired) electrons. The minimum atomic E-state index is -1.17. The molecule has 1 aromatic rings. The molecule has 4 N–H and O–H groups in total. The predicted molar refractivity (Wildman–Crippen MR) is 89.1 cm³/mol. The van der Waals surface area contributed by atoms with Crippen molar-refractivity contribution in [3.05, 3.63) is 59.4 Å². The van der Waals surface area contributed by atoms with Crippen LogP contribution < -0.4 is 5.73 Å². The van der Waals surface area contributed by atoms with Gasteiger partial charge in [0, 0.05) is 24.0 Å². The molecule has 0 aliphatic heterocycles. The number of hydrogen-bond donors (Lipinski definition) is 3. The Morgan fingerprint density at radius 3 is 2.67 bits per heavy atom. The molecule has 0 saturated heterocycles. The van der Waals surface area contributed by atoms with Crippen LogP contribution in [0.3, 0.4) is 0 Å². The van der Waals surface area contributed by atoms with Gasteiger partial charge in [-0.1, -0.05) is 30.3 Å². The van der Waals surface area contributed by atoms with Crippen LogP contribution in [0.4, 0.5) is 0 Å². The van der Waals surface area contributed by atoms with Crippen molar-refractivity contribution in [1.82, 2.24) is 0 Å². The number of aliphatic hydroxyl groups excluding tert-OH is 1. The standard InChI is InChI=1S/C18H18N2O4/c19-13(18(23)24)6-11-7-15(17(22)9-16(11)21)20-14-8-12(14)10-4-2-1-3-5-10/h1-5,7,9,12-14,22H,6,8,19H2,(H,23,24)/b20-15-. The molecule has 0 amide bonds. The summed E-state index contributed by atoms with van der Waals surface area (Å²) in [5.74, 6) is -1.49. The number of ketones is 1. The molecule has 6 heteroatoms. The first-order valence-electron chi connectivity index (χ1n) is 7.72. The van der Waals surface area contributed by atoms with E-state index >= 15 is 0 Å². The van der Waals surface area contributed by atoms with Gasteiger partial charge in [0.25, 0.3) is 0 Å². The van der Waals surface area contributed by atoms with Crippen molar-refractivity contribution in [3.8, 4) is 0 Å². The molecule has 124 valence electrons. The van der Waals surface area contributed by atoms with Gasteiger partial charge in [0.15, 0.2) is 5.78 Å². The topological polar surface area (TPSA) is 113 Å². The smallest absolute Gasteiger partial charge is 0.320 e. The van der Waals surface area contributed by atoms with E-state index in [0.29, 0.717) is 11.6 Å². The minimum absolute atomic E-state index is 0.0526. The lowest BCUT2D eigenvalue weighted by molar-refractivity contribution is -0.138. The fraction of sp³-hybridized carbons (Fsp3) is 0.278. The Labute approximate surface area is 139 Å². The van der Waals surface area contributed by atoms with E-state index < -0.39 is 17.8 Å². The monoisotopic (exact) mass is 326 g/mol. The number of aliphatic carboxylic acids is 1. The van der Waals surface area contributed by atoms with Gasteiger partial charge >= 0.3 is 5.97 Å². The van der Waals surface area contributed by atoms with Gasteiger partial charge in [-0.15, -0.1) is 0 Å². The van der Waals surface area contributed by atoms with Gasteiger partial charge in [-0.3, -0.25) is 14.6 Å². The third-order valence-corrected chi connectivity index (χ3v) is 4.20. The lowest BCUT2D eigenvalue weighted by atomic mass is 9.96. The molecule has 3 rings (SSSR count). The van der Waals surface area contributed by atoms with Gasteiger partial charge < -0.3 is 15.9 Å². The van der Waals surface area contributed by atoms with Crippen LogP contribution in [0.2, 0.25) is 0 Å². The van der Waals surface area contributed by atoms with Crippen LogP contribution in [0.5, 0.6) is 0 Å². The summed E-state index contributed by atoms with van der Waals surface area (Å²) in [5.41, 5.74) is 7.24. The van der Waals surface area contributed by atoms with Gasteiger partial charge in [0.05, 0.1) is 6.04 Å². The van der Waals surface area contributed by atoms with Crippen LogP contribution in [-0.2, 0) is 9.59 Å². The van der Waals surface area contributed by atoms with Crippen LogP contribution in [0.25, 0.3) is 0 Å². The lowest BCUT2D eigenvalue weighted by Gasteiger charge is -2.13. The van der Waals surface area contributed by atoms with Crippen molar-refractivity contribution < 1.29 is 19.8 Å². The number of nitrogens with zero attached hydrogens (tertiary/aromatic N) is 1. The Morgan fingerprint density at radius 1 is 1.29 bits per heavy atom. The average Bonchev–Trinajstić information content (AvgIpc) is 3.32. The molecular formula is C18H18N2O4. The molecule has 3 atom stereocenters. The third kappa shape index (κ3) is 3.44. The lowest BCUT2D eigenvalue weighted by Crippen LogP contribution is -2.32. The number of nitrogens with two attached hydrogens (primary N) is 1. The van der Waals surface area contributed by atoms with Crippen LogP contribution in [0, 0.1) is 0 Å². The first-order chi connectivity index (χ1) is 11.5. The van der Waals surface area contributed by atoms with E-state index in [9.17, 15) is 14.7 Å². The second-order valence-corrected chi connectivity index (χ2v) is 6.05. The molecule has 0 heterocycles. The number of hydrogen-bond acceptors (Lipinski definition) is 5. The summed E-state index contributed by atoms with van der Waals surface area (Å²) in [5, 5.41) is 18.8. The SMILES string of the molecule is NC(CC1=C/C(=N/C2CC2c2ccccc2)C(O)=CC1=O)C(=O)O. The Bertz CT molecular complexity index is 764. The predicted octanol–water partition coefficient (Wildman–Crippen LogP) is 1.74. The van der Waals surface area contributed by atoms with E-state index in [1.54, 1.807) is 0 Å². The maximum Gasteiger partial charge on any atom is 0.320 e. The van der Waals surface area contributed by atoms with Crippen LogP contribution in [0.1, 0.15) is 24.3 Å². The van der Waals surface area contributed by atoms with Gasteiger partial charge in [-0.05, 0) is 18.1 Å². The van der Waals surface area contributed by atoms with Gasteiger partial charge in [-0.25, -0.2) is 0 Å². The molecule has 6 nitrogen and oxygen atoms in total. The Morgan fingerprint density at radius 2 is 2.00 bits per heavy atom. The van der Waals surface area contributed by atoms with E-state index in [1.165, 1.54) is 11.6 Å². The molecular weight excluding hydrogens is 308 g/mol. The minimum Gasteiger partial charge on any atom is -0.506 e. The van der Waals surface area contributed by atoms with Crippen molar-refractivity contribution in [2.24, 2.45) is 10.7 Å². The Balaban J connectivity index is 1.77. The van der Waals surface area contributed by atoms with Crippen molar-refractivity contribution in [3.63, 3.8) is 0 Å². The van der Waals surface area contributed by atoms with E-state index in [2.05, 4.69) is 4.99 Å². The zero-order valence-corrected chi connectivity index (χ0v) is 12.9. The number of carbonyl (C=O) groups excluding carboxylic acids is 1. The summed E-state index contributed by atoms with van der Waals surface area (Å²) in [6, 6.07) is 8.87. The van der Waals surface area contributed by atoms with E-state index in [0.717, 1.165) is 12.5 Å². The summed E-state index contributed by atoms with van der Waals surface area (Å²) >= 11 is 0. The Hall–Kier alpha value is -2.73. The van der Waals surface area contributed by atoms with E-state index in [1.807, 2.05) is 30.3 Å². The van der Waals surface area contributed by atoms with Crippen molar-refractivity contribution in [1.29, 1.82) is 0 Å². The number of aliphatic hydroxyl groups is 1. The van der Waals surface area contributed by atoms with Crippen LogP contribution in [0.15, 0.2) is 58.8 Å². The highest BCUT2D eigenvalue weighted by atomic mass is 16.4. The molecule has 1 fully saturated rings. The quantitative estimate of drug-likeness (QED) is 0.713. The largest absolute Gasteiger partial charge is 0.506 e. The maximum absolute atomic E-state index is 11.9. The highest BCUT2D eigenvalue weighted by Crippen LogP contribution is 2.43. The average molecular weight is 326 g/mol. The van der Waals surface area contributed by atoms with Crippen molar-refractivity contribution in [2.45, 2.75) is 30.8 Å². The zero-order valence-electron chi connectivity index (χ0n) is 12.9. The second-order valence-electron chi connectivity index (χ2n) is 6.05. The molecule has 24 heavy (non-hydrogen) atoms. The van der Waals surface area contributed by atoms with Crippen LogP contribution >= 0.6 is 0 Å².